The van der Waals surface area contributed by atoms with Crippen molar-refractivity contribution in [2.45, 2.75) is 37.4 Å². The number of hydrogen-bond donors (Lipinski definition) is 0. The Hall–Kier alpha value is -3.07. The van der Waals surface area contributed by atoms with Crippen LogP contribution in [0.15, 0.2) is 53.7 Å². The van der Waals surface area contributed by atoms with Gasteiger partial charge in [-0.25, -0.2) is 0 Å². The van der Waals surface area contributed by atoms with Crippen LogP contribution in [-0.2, 0) is 12.3 Å². The molecule has 2 aromatic carbocycles. The van der Waals surface area contributed by atoms with Crippen LogP contribution < -0.4 is 9.47 Å². The molecule has 1 aromatic heterocycles. The SMILES string of the molecule is CCn1c(SCc2ccccc2[N+](=O)[O-])nnc1C(C)Oc1ccccc1OC. The lowest BCUT2D eigenvalue weighted by molar-refractivity contribution is -0.385. The molecule has 1 heterocycles. The number of rotatable bonds is 9. The van der Waals surface area contributed by atoms with Gasteiger partial charge < -0.3 is 14.0 Å². The molecule has 1 atom stereocenters. The van der Waals surface area contributed by atoms with Gasteiger partial charge in [-0.05, 0) is 26.0 Å². The highest BCUT2D eigenvalue weighted by Gasteiger charge is 2.21. The van der Waals surface area contributed by atoms with Crippen molar-refractivity contribution in [3.05, 3.63) is 70.0 Å². The Morgan fingerprint density at radius 3 is 2.52 bits per heavy atom. The summed E-state index contributed by atoms with van der Waals surface area (Å²) in [7, 11) is 1.60. The van der Waals surface area contributed by atoms with Crippen molar-refractivity contribution in [3.8, 4) is 11.5 Å². The molecule has 0 saturated heterocycles. The van der Waals surface area contributed by atoms with Crippen LogP contribution in [-0.4, -0.2) is 26.8 Å². The van der Waals surface area contributed by atoms with Crippen molar-refractivity contribution in [1.29, 1.82) is 0 Å². The third-order valence-electron chi connectivity index (χ3n) is 4.34. The molecule has 0 radical (unpaired) electrons. The first-order chi connectivity index (χ1) is 14.0. The Bertz CT molecular complexity index is 992. The summed E-state index contributed by atoms with van der Waals surface area (Å²) in [6, 6.07) is 14.2. The average molecular weight is 414 g/mol. The number of nitro groups is 1. The van der Waals surface area contributed by atoms with Gasteiger partial charge in [0.05, 0.1) is 12.0 Å². The van der Waals surface area contributed by atoms with Gasteiger partial charge in [0.25, 0.3) is 5.69 Å². The number of methoxy groups -OCH3 is 1. The molecule has 29 heavy (non-hydrogen) atoms. The van der Waals surface area contributed by atoms with E-state index < -0.39 is 0 Å². The maximum Gasteiger partial charge on any atom is 0.273 e. The quantitative estimate of drug-likeness (QED) is 0.286. The molecule has 8 nitrogen and oxygen atoms in total. The molecule has 0 aliphatic heterocycles. The fourth-order valence-electron chi connectivity index (χ4n) is 2.92. The molecule has 1 unspecified atom stereocenters. The lowest BCUT2D eigenvalue weighted by atomic mass is 10.2. The van der Waals surface area contributed by atoms with Crippen LogP contribution in [0.25, 0.3) is 0 Å². The van der Waals surface area contributed by atoms with Gasteiger partial charge in [0.1, 0.15) is 0 Å². The standard InChI is InChI=1S/C20H22N4O4S/c1-4-23-19(14(2)28-18-12-8-7-11-17(18)27-3)21-22-20(23)29-13-15-9-5-6-10-16(15)24(25)26/h5-12,14H,4,13H2,1-3H3. The van der Waals surface area contributed by atoms with Gasteiger partial charge in [0.2, 0.25) is 0 Å². The molecule has 0 bridgehead atoms. The van der Waals surface area contributed by atoms with Gasteiger partial charge in [-0.1, -0.05) is 42.1 Å². The first-order valence-corrected chi connectivity index (χ1v) is 10.1. The summed E-state index contributed by atoms with van der Waals surface area (Å²) < 4.78 is 13.3. The van der Waals surface area contributed by atoms with Crippen molar-refractivity contribution in [2.75, 3.05) is 7.11 Å². The van der Waals surface area contributed by atoms with Crippen LogP contribution in [0.2, 0.25) is 0 Å². The van der Waals surface area contributed by atoms with Crippen molar-refractivity contribution in [1.82, 2.24) is 14.8 Å². The van der Waals surface area contributed by atoms with E-state index in [-0.39, 0.29) is 16.7 Å². The van der Waals surface area contributed by atoms with Crippen LogP contribution in [0, 0.1) is 10.1 Å². The van der Waals surface area contributed by atoms with Gasteiger partial charge in [-0.3, -0.25) is 10.1 Å². The minimum absolute atomic E-state index is 0.107. The smallest absolute Gasteiger partial charge is 0.273 e. The summed E-state index contributed by atoms with van der Waals surface area (Å²) in [6.07, 6.45) is -0.348. The lowest BCUT2D eigenvalue weighted by Gasteiger charge is -2.17. The van der Waals surface area contributed by atoms with Gasteiger partial charge in [-0.2, -0.15) is 0 Å². The average Bonchev–Trinajstić information content (AvgIpc) is 3.15. The van der Waals surface area contributed by atoms with E-state index in [1.165, 1.54) is 17.8 Å². The highest BCUT2D eigenvalue weighted by atomic mass is 32.2. The number of nitro benzene ring substituents is 1. The van der Waals surface area contributed by atoms with Crippen LogP contribution in [0.5, 0.6) is 11.5 Å². The van der Waals surface area contributed by atoms with Crippen molar-refractivity contribution < 1.29 is 14.4 Å². The molecular formula is C20H22N4O4S. The second-order valence-corrected chi connectivity index (χ2v) is 7.11. The number of ether oxygens (including phenoxy) is 2. The van der Waals surface area contributed by atoms with E-state index in [2.05, 4.69) is 10.2 Å². The summed E-state index contributed by atoms with van der Waals surface area (Å²) in [5, 5.41) is 20.5. The zero-order valence-electron chi connectivity index (χ0n) is 16.4. The number of thioether (sulfide) groups is 1. The topological polar surface area (TPSA) is 92.3 Å². The van der Waals surface area contributed by atoms with E-state index in [0.717, 1.165) is 0 Å². The minimum atomic E-state index is -0.366. The van der Waals surface area contributed by atoms with E-state index in [1.54, 1.807) is 25.3 Å². The first kappa shape index (κ1) is 20.7. The largest absolute Gasteiger partial charge is 0.493 e. The zero-order chi connectivity index (χ0) is 20.8. The lowest BCUT2D eigenvalue weighted by Crippen LogP contribution is -2.12. The summed E-state index contributed by atoms with van der Waals surface area (Å²) in [4.78, 5) is 10.8. The Morgan fingerprint density at radius 1 is 1.14 bits per heavy atom. The van der Waals surface area contributed by atoms with Crippen molar-refractivity contribution in [3.63, 3.8) is 0 Å². The van der Waals surface area contributed by atoms with E-state index in [1.807, 2.05) is 42.7 Å². The second kappa shape index (κ2) is 9.42. The van der Waals surface area contributed by atoms with E-state index in [4.69, 9.17) is 9.47 Å². The highest BCUT2D eigenvalue weighted by Crippen LogP contribution is 2.32. The minimum Gasteiger partial charge on any atom is -0.493 e. The number of nitrogens with zero attached hydrogens (tertiary/aromatic N) is 4. The van der Waals surface area contributed by atoms with Crippen molar-refractivity contribution >= 4 is 17.4 Å². The van der Waals surface area contributed by atoms with Crippen molar-refractivity contribution in [2.24, 2.45) is 0 Å². The predicted molar refractivity (Wildman–Crippen MR) is 110 cm³/mol. The Labute approximate surface area is 173 Å². The third kappa shape index (κ3) is 4.68. The molecule has 3 aromatic rings. The second-order valence-electron chi connectivity index (χ2n) is 6.17. The molecule has 3 rings (SSSR count). The number of para-hydroxylation sites is 3. The summed E-state index contributed by atoms with van der Waals surface area (Å²) in [5.41, 5.74) is 0.753. The van der Waals surface area contributed by atoms with Crippen LogP contribution in [0.3, 0.4) is 0 Å². The molecule has 0 amide bonds. The Morgan fingerprint density at radius 2 is 1.83 bits per heavy atom. The molecule has 0 spiro atoms. The summed E-state index contributed by atoms with van der Waals surface area (Å²) in [6.45, 7) is 4.55. The van der Waals surface area contributed by atoms with Gasteiger partial charge in [0, 0.05) is 23.9 Å². The van der Waals surface area contributed by atoms with E-state index >= 15 is 0 Å². The normalized spacial score (nSPS) is 11.8. The molecule has 0 N–H and O–H groups in total. The number of aromatic nitrogens is 3. The molecule has 0 fully saturated rings. The van der Waals surface area contributed by atoms with E-state index in [0.29, 0.717) is 40.3 Å². The Balaban J connectivity index is 1.77. The Kier molecular flexibility index (Phi) is 6.71. The van der Waals surface area contributed by atoms with Crippen LogP contribution >= 0.6 is 11.8 Å². The zero-order valence-corrected chi connectivity index (χ0v) is 17.3. The molecule has 0 saturated carbocycles. The first-order valence-electron chi connectivity index (χ1n) is 9.13. The highest BCUT2D eigenvalue weighted by molar-refractivity contribution is 7.98. The fourth-order valence-corrected chi connectivity index (χ4v) is 3.92. The van der Waals surface area contributed by atoms with Gasteiger partial charge >= 0.3 is 0 Å². The van der Waals surface area contributed by atoms with Crippen LogP contribution in [0.4, 0.5) is 5.69 Å². The van der Waals surface area contributed by atoms with Crippen LogP contribution in [0.1, 0.15) is 31.3 Å². The third-order valence-corrected chi connectivity index (χ3v) is 5.36. The van der Waals surface area contributed by atoms with E-state index in [9.17, 15) is 10.1 Å². The summed E-state index contributed by atoms with van der Waals surface area (Å²) in [5.74, 6) is 2.38. The fraction of sp³-hybridized carbons (Fsp3) is 0.300. The van der Waals surface area contributed by atoms with Gasteiger partial charge in [-0.15, -0.1) is 10.2 Å². The summed E-state index contributed by atoms with van der Waals surface area (Å²) >= 11 is 1.41. The molecular weight excluding hydrogens is 392 g/mol. The van der Waals surface area contributed by atoms with Gasteiger partial charge in [0.15, 0.2) is 28.6 Å². The maximum absolute atomic E-state index is 11.2. The molecule has 9 heteroatoms. The predicted octanol–water partition coefficient (Wildman–Crippen LogP) is 4.65. The molecule has 0 aliphatic rings. The monoisotopic (exact) mass is 414 g/mol. The molecule has 0 aliphatic carbocycles. The number of benzene rings is 2. The number of hydrogen-bond acceptors (Lipinski definition) is 7. The maximum atomic E-state index is 11.2. The molecule has 152 valence electrons.